The summed E-state index contributed by atoms with van der Waals surface area (Å²) in [5.74, 6) is 0. The van der Waals surface area contributed by atoms with Crippen LogP contribution < -0.4 is 5.32 Å². The molecule has 1 heterocycles. The molecule has 1 aliphatic heterocycles. The summed E-state index contributed by atoms with van der Waals surface area (Å²) in [5, 5.41) is 3.56. The molecule has 0 radical (unpaired) electrons. The first-order chi connectivity index (χ1) is 6.90. The van der Waals surface area contributed by atoms with Gasteiger partial charge in [-0.1, -0.05) is 0 Å². The van der Waals surface area contributed by atoms with Crippen molar-refractivity contribution in [3.05, 3.63) is 0 Å². The average molecular weight is 198 g/mol. The summed E-state index contributed by atoms with van der Waals surface area (Å²) in [4.78, 5) is 2.64. The Morgan fingerprint density at radius 2 is 2.21 bits per heavy atom. The summed E-state index contributed by atoms with van der Waals surface area (Å²) in [6.07, 6.45) is 4.19. The molecule has 1 N–H and O–H groups in total. The zero-order chi connectivity index (χ0) is 9.80. The maximum Gasteiger partial charge on any atom is 0.0590 e. The van der Waals surface area contributed by atoms with Crippen LogP contribution in [0.4, 0.5) is 0 Å². The highest BCUT2D eigenvalue weighted by Gasteiger charge is 2.33. The Morgan fingerprint density at radius 3 is 2.93 bits per heavy atom. The van der Waals surface area contributed by atoms with Crippen LogP contribution in [0.25, 0.3) is 0 Å². The van der Waals surface area contributed by atoms with Crippen LogP contribution in [0.15, 0.2) is 0 Å². The molecule has 2 aliphatic rings. The van der Waals surface area contributed by atoms with E-state index < -0.39 is 0 Å². The topological polar surface area (TPSA) is 24.5 Å². The maximum atomic E-state index is 5.30. The molecule has 0 spiro atoms. The molecular formula is C11H22N2O. The molecule has 0 amide bonds. The number of ether oxygens (including phenoxy) is 1. The molecule has 14 heavy (non-hydrogen) atoms. The predicted molar refractivity (Wildman–Crippen MR) is 57.5 cm³/mol. The second kappa shape index (κ2) is 5.10. The van der Waals surface area contributed by atoms with E-state index in [9.17, 15) is 0 Å². The fourth-order valence-corrected chi connectivity index (χ4v) is 2.20. The lowest BCUT2D eigenvalue weighted by Crippen LogP contribution is -2.35. The van der Waals surface area contributed by atoms with Crippen molar-refractivity contribution in [2.75, 3.05) is 32.8 Å². The molecule has 1 saturated heterocycles. The van der Waals surface area contributed by atoms with Gasteiger partial charge in [0, 0.05) is 38.3 Å². The molecule has 1 aliphatic carbocycles. The minimum absolute atomic E-state index is 0.719. The van der Waals surface area contributed by atoms with E-state index in [1.54, 1.807) is 0 Å². The quantitative estimate of drug-likeness (QED) is 0.640. The first kappa shape index (κ1) is 10.4. The van der Waals surface area contributed by atoms with Crippen LogP contribution in [0.1, 0.15) is 26.2 Å². The summed E-state index contributed by atoms with van der Waals surface area (Å²) in [5.41, 5.74) is 0. The Bertz CT molecular complexity index is 171. The van der Waals surface area contributed by atoms with Crippen LogP contribution in [-0.4, -0.2) is 49.8 Å². The highest BCUT2D eigenvalue weighted by atomic mass is 16.5. The summed E-state index contributed by atoms with van der Waals surface area (Å²) in [6, 6.07) is 1.66. The van der Waals surface area contributed by atoms with Gasteiger partial charge in [-0.15, -0.1) is 0 Å². The standard InChI is InChI=1S/C11H22N2O/c1-2-14-8-6-12-10-5-7-13(9-10)11-3-4-11/h10-12H,2-9H2,1H3. The highest BCUT2D eigenvalue weighted by molar-refractivity contribution is 4.91. The molecule has 0 aromatic heterocycles. The van der Waals surface area contributed by atoms with E-state index in [2.05, 4.69) is 10.2 Å². The number of hydrogen-bond acceptors (Lipinski definition) is 3. The first-order valence-electron chi connectivity index (χ1n) is 5.95. The van der Waals surface area contributed by atoms with Crippen molar-refractivity contribution in [3.63, 3.8) is 0 Å². The number of nitrogens with one attached hydrogen (secondary N) is 1. The summed E-state index contributed by atoms with van der Waals surface area (Å²) in [7, 11) is 0. The summed E-state index contributed by atoms with van der Waals surface area (Å²) in [6.45, 7) is 7.31. The molecule has 1 atom stereocenters. The van der Waals surface area contributed by atoms with E-state index in [1.807, 2.05) is 6.92 Å². The van der Waals surface area contributed by atoms with Gasteiger partial charge in [0.1, 0.15) is 0 Å². The van der Waals surface area contributed by atoms with Crippen molar-refractivity contribution in [2.45, 2.75) is 38.3 Å². The van der Waals surface area contributed by atoms with E-state index in [0.29, 0.717) is 0 Å². The third kappa shape index (κ3) is 2.94. The molecule has 3 nitrogen and oxygen atoms in total. The van der Waals surface area contributed by atoms with Gasteiger partial charge in [0.25, 0.3) is 0 Å². The SMILES string of the molecule is CCOCCNC1CCN(C2CC2)C1. The first-order valence-corrected chi connectivity index (χ1v) is 5.95. The monoisotopic (exact) mass is 198 g/mol. The van der Waals surface area contributed by atoms with Gasteiger partial charge in [-0.05, 0) is 26.2 Å². The molecule has 2 fully saturated rings. The van der Waals surface area contributed by atoms with Crippen LogP contribution in [0.5, 0.6) is 0 Å². The lowest BCUT2D eigenvalue weighted by molar-refractivity contribution is 0.146. The predicted octanol–water partition coefficient (Wildman–Crippen LogP) is 0.849. The smallest absolute Gasteiger partial charge is 0.0590 e. The molecule has 1 saturated carbocycles. The number of hydrogen-bond donors (Lipinski definition) is 1. The number of likely N-dealkylation sites (tertiary alicyclic amines) is 1. The van der Waals surface area contributed by atoms with E-state index in [1.165, 1.54) is 32.4 Å². The van der Waals surface area contributed by atoms with Gasteiger partial charge < -0.3 is 10.1 Å². The Labute approximate surface area is 86.8 Å². The van der Waals surface area contributed by atoms with Crippen molar-refractivity contribution in [1.29, 1.82) is 0 Å². The second-order valence-electron chi connectivity index (χ2n) is 4.36. The molecular weight excluding hydrogens is 176 g/mol. The summed E-state index contributed by atoms with van der Waals surface area (Å²) < 4.78 is 5.30. The fourth-order valence-electron chi connectivity index (χ4n) is 2.20. The van der Waals surface area contributed by atoms with Crippen LogP contribution in [-0.2, 0) is 4.74 Å². The lowest BCUT2D eigenvalue weighted by Gasteiger charge is -2.15. The van der Waals surface area contributed by atoms with Gasteiger partial charge in [0.15, 0.2) is 0 Å². The van der Waals surface area contributed by atoms with Gasteiger partial charge in [-0.2, -0.15) is 0 Å². The molecule has 82 valence electrons. The van der Waals surface area contributed by atoms with Crippen LogP contribution >= 0.6 is 0 Å². The van der Waals surface area contributed by atoms with E-state index in [0.717, 1.165) is 31.8 Å². The Hall–Kier alpha value is -0.120. The van der Waals surface area contributed by atoms with E-state index in [4.69, 9.17) is 4.74 Å². The van der Waals surface area contributed by atoms with Gasteiger partial charge >= 0.3 is 0 Å². The third-order valence-corrected chi connectivity index (χ3v) is 3.17. The van der Waals surface area contributed by atoms with E-state index >= 15 is 0 Å². The second-order valence-corrected chi connectivity index (χ2v) is 4.36. The molecule has 0 bridgehead atoms. The Morgan fingerprint density at radius 1 is 1.36 bits per heavy atom. The normalized spacial score (nSPS) is 28.5. The van der Waals surface area contributed by atoms with Gasteiger partial charge in [-0.25, -0.2) is 0 Å². The average Bonchev–Trinajstić information content (AvgIpc) is 2.94. The van der Waals surface area contributed by atoms with E-state index in [-0.39, 0.29) is 0 Å². The Kier molecular flexibility index (Phi) is 3.79. The highest BCUT2D eigenvalue weighted by Crippen LogP contribution is 2.29. The lowest BCUT2D eigenvalue weighted by atomic mass is 10.3. The van der Waals surface area contributed by atoms with Crippen LogP contribution in [0, 0.1) is 0 Å². The maximum absolute atomic E-state index is 5.30. The van der Waals surface area contributed by atoms with Crippen molar-refractivity contribution >= 4 is 0 Å². The van der Waals surface area contributed by atoms with Crippen molar-refractivity contribution in [3.8, 4) is 0 Å². The number of nitrogens with zero attached hydrogens (tertiary/aromatic N) is 1. The molecule has 3 heteroatoms. The van der Waals surface area contributed by atoms with Gasteiger partial charge in [-0.3, -0.25) is 4.90 Å². The largest absolute Gasteiger partial charge is 0.380 e. The molecule has 0 aromatic rings. The Balaban J connectivity index is 1.54. The minimum Gasteiger partial charge on any atom is -0.380 e. The molecule has 2 rings (SSSR count). The molecule has 0 aromatic carbocycles. The van der Waals surface area contributed by atoms with Crippen molar-refractivity contribution < 1.29 is 4.74 Å². The number of rotatable bonds is 6. The minimum atomic E-state index is 0.719. The molecule has 1 unspecified atom stereocenters. The van der Waals surface area contributed by atoms with Crippen LogP contribution in [0.2, 0.25) is 0 Å². The van der Waals surface area contributed by atoms with Gasteiger partial charge in [0.05, 0.1) is 6.61 Å². The van der Waals surface area contributed by atoms with Crippen molar-refractivity contribution in [2.24, 2.45) is 0 Å². The third-order valence-electron chi connectivity index (χ3n) is 3.17. The fraction of sp³-hybridized carbons (Fsp3) is 1.00. The van der Waals surface area contributed by atoms with Crippen molar-refractivity contribution in [1.82, 2.24) is 10.2 Å². The summed E-state index contributed by atoms with van der Waals surface area (Å²) >= 11 is 0. The van der Waals surface area contributed by atoms with Gasteiger partial charge in [0.2, 0.25) is 0 Å². The zero-order valence-corrected chi connectivity index (χ0v) is 9.17. The van der Waals surface area contributed by atoms with Crippen LogP contribution in [0.3, 0.4) is 0 Å². The zero-order valence-electron chi connectivity index (χ0n) is 9.17.